The zero-order valence-electron chi connectivity index (χ0n) is 19.8. The molecule has 2 aliphatic heterocycles. The summed E-state index contributed by atoms with van der Waals surface area (Å²) < 4.78 is 0. The van der Waals surface area contributed by atoms with Crippen LogP contribution >= 0.6 is 0 Å². The van der Waals surface area contributed by atoms with Gasteiger partial charge in [0.2, 0.25) is 0 Å². The van der Waals surface area contributed by atoms with Gasteiger partial charge >= 0.3 is 5.97 Å². The third kappa shape index (κ3) is 9.56. The highest BCUT2D eigenvalue weighted by Gasteiger charge is 2.35. The van der Waals surface area contributed by atoms with Crippen LogP contribution in [0.5, 0.6) is 0 Å². The molecule has 172 valence electrons. The van der Waals surface area contributed by atoms with E-state index >= 15 is 0 Å². The van der Waals surface area contributed by atoms with Gasteiger partial charge in [0.05, 0.1) is 0 Å². The Morgan fingerprint density at radius 2 is 2.03 bits per heavy atom. The van der Waals surface area contributed by atoms with E-state index in [4.69, 9.17) is 5.11 Å². The lowest BCUT2D eigenvalue weighted by Gasteiger charge is -2.41. The number of allylic oxidation sites excluding steroid dienone is 7. The van der Waals surface area contributed by atoms with Crippen molar-refractivity contribution in [1.29, 1.82) is 0 Å². The first-order valence-electron chi connectivity index (χ1n) is 11.5. The Bertz CT molecular complexity index is 709. The topological polar surface area (TPSA) is 52.6 Å². The van der Waals surface area contributed by atoms with Crippen LogP contribution in [0.3, 0.4) is 0 Å². The van der Waals surface area contributed by atoms with E-state index in [1.54, 1.807) is 18.2 Å². The van der Waals surface area contributed by atoms with Crippen molar-refractivity contribution in [3.63, 3.8) is 0 Å². The monoisotopic (exact) mass is 426 g/mol. The number of hydrogen-bond acceptors (Lipinski definition) is 3. The second-order valence-electron chi connectivity index (χ2n) is 8.54. The molecule has 1 fully saturated rings. The highest BCUT2D eigenvalue weighted by Crippen LogP contribution is 2.23. The van der Waals surface area contributed by atoms with Gasteiger partial charge < -0.3 is 10.4 Å². The van der Waals surface area contributed by atoms with Gasteiger partial charge in [0.25, 0.3) is 0 Å². The summed E-state index contributed by atoms with van der Waals surface area (Å²) in [6.45, 7) is 20.6. The van der Waals surface area contributed by atoms with Crippen LogP contribution in [-0.2, 0) is 4.79 Å². The van der Waals surface area contributed by atoms with Crippen molar-refractivity contribution in [1.82, 2.24) is 10.2 Å². The minimum atomic E-state index is -0.824. The Labute approximate surface area is 189 Å². The van der Waals surface area contributed by atoms with Crippen LogP contribution in [0, 0.1) is 5.92 Å². The summed E-state index contributed by atoms with van der Waals surface area (Å²) in [4.78, 5) is 13.1. The average Bonchev–Trinajstić information content (AvgIpc) is 2.72. The Balaban J connectivity index is 0.000000311. The van der Waals surface area contributed by atoms with Gasteiger partial charge in [0, 0.05) is 25.3 Å². The number of hydrogen-bond donors (Lipinski definition) is 2. The molecule has 4 nitrogen and oxygen atoms in total. The molecular weight excluding hydrogens is 384 g/mol. The van der Waals surface area contributed by atoms with Crippen LogP contribution in [0.25, 0.3) is 0 Å². The third-order valence-corrected chi connectivity index (χ3v) is 5.67. The van der Waals surface area contributed by atoms with Crippen molar-refractivity contribution in [2.75, 3.05) is 19.6 Å². The molecule has 31 heavy (non-hydrogen) atoms. The van der Waals surface area contributed by atoms with Crippen molar-refractivity contribution in [2.24, 2.45) is 5.92 Å². The maximum atomic E-state index is 11.2. The van der Waals surface area contributed by atoms with Crippen LogP contribution in [0.1, 0.15) is 59.3 Å². The van der Waals surface area contributed by atoms with E-state index in [9.17, 15) is 4.79 Å². The van der Waals surface area contributed by atoms with E-state index < -0.39 is 12.0 Å². The smallest absolute Gasteiger partial charge is 0.325 e. The molecule has 2 heterocycles. The lowest BCUT2D eigenvalue weighted by Crippen LogP contribution is -2.54. The van der Waals surface area contributed by atoms with Gasteiger partial charge in [0.15, 0.2) is 0 Å². The first kappa shape index (κ1) is 26.7. The number of nitrogens with zero attached hydrogens (tertiary/aromatic N) is 1. The second-order valence-corrected chi connectivity index (χ2v) is 8.54. The van der Waals surface area contributed by atoms with E-state index in [1.165, 1.54) is 48.9 Å². The number of likely N-dealkylation sites (tertiary alicyclic amines) is 1. The number of carboxylic acids is 1. The number of carboxylic acid groups (broad SMARTS) is 1. The zero-order valence-corrected chi connectivity index (χ0v) is 19.8. The Morgan fingerprint density at radius 3 is 2.55 bits per heavy atom. The number of carbonyl (C=O) groups is 1. The highest BCUT2D eigenvalue weighted by molar-refractivity contribution is 5.78. The van der Waals surface area contributed by atoms with Gasteiger partial charge in [-0.3, -0.25) is 9.69 Å². The third-order valence-electron chi connectivity index (χ3n) is 5.67. The molecule has 4 heteroatoms. The highest BCUT2D eigenvalue weighted by atomic mass is 16.4. The van der Waals surface area contributed by atoms with Gasteiger partial charge in [-0.05, 0) is 49.7 Å². The lowest BCUT2D eigenvalue weighted by atomic mass is 9.95. The Hall–Kier alpha value is -2.33. The van der Waals surface area contributed by atoms with Crippen molar-refractivity contribution >= 4 is 5.97 Å². The molecule has 0 saturated carbocycles. The zero-order chi connectivity index (χ0) is 23.2. The number of nitrogens with one attached hydrogen (secondary N) is 1. The van der Waals surface area contributed by atoms with Crippen LogP contribution in [-0.4, -0.2) is 41.7 Å². The molecule has 0 spiro atoms. The summed E-state index contributed by atoms with van der Waals surface area (Å²) in [5.41, 5.74) is 4.75. The molecule has 0 aromatic rings. The fraction of sp³-hybridized carbons (Fsp3) is 0.519. The van der Waals surface area contributed by atoms with E-state index in [0.717, 1.165) is 26.1 Å². The average molecular weight is 427 g/mol. The van der Waals surface area contributed by atoms with Gasteiger partial charge in [-0.1, -0.05) is 82.4 Å². The normalized spacial score (nSPS) is 18.5. The number of aliphatic carboxylic acids is 1. The number of rotatable bonds is 11. The largest absolute Gasteiger partial charge is 0.480 e. The van der Waals surface area contributed by atoms with Gasteiger partial charge in [-0.15, -0.1) is 0 Å². The predicted octanol–water partition coefficient (Wildman–Crippen LogP) is 6.03. The van der Waals surface area contributed by atoms with E-state index in [1.807, 2.05) is 4.90 Å². The van der Waals surface area contributed by atoms with Crippen LogP contribution in [0.15, 0.2) is 72.5 Å². The summed E-state index contributed by atoms with van der Waals surface area (Å²) >= 11 is 0. The second kappa shape index (κ2) is 14.6. The minimum absolute atomic E-state index is 0.573. The first-order chi connectivity index (χ1) is 14.8. The van der Waals surface area contributed by atoms with Gasteiger partial charge in [-0.2, -0.15) is 0 Å². The maximum absolute atomic E-state index is 11.2. The fourth-order valence-corrected chi connectivity index (χ4v) is 3.84. The van der Waals surface area contributed by atoms with Gasteiger partial charge in [0.1, 0.15) is 6.04 Å². The molecular formula is C27H42N2O2. The molecule has 2 N–H and O–H groups in total. The Morgan fingerprint density at radius 1 is 1.32 bits per heavy atom. The maximum Gasteiger partial charge on any atom is 0.325 e. The summed E-state index contributed by atoms with van der Waals surface area (Å²) in [5, 5.41) is 12.6. The van der Waals surface area contributed by atoms with E-state index in [2.05, 4.69) is 58.0 Å². The predicted molar refractivity (Wildman–Crippen MR) is 133 cm³/mol. The van der Waals surface area contributed by atoms with Crippen molar-refractivity contribution in [3.8, 4) is 0 Å². The molecule has 1 unspecified atom stereocenters. The molecule has 0 amide bonds. The molecule has 2 rings (SSSR count). The first-order valence-corrected chi connectivity index (χ1v) is 11.5. The van der Waals surface area contributed by atoms with Crippen molar-refractivity contribution < 1.29 is 9.90 Å². The Kier molecular flexibility index (Phi) is 12.6. The summed E-state index contributed by atoms with van der Waals surface area (Å²) in [6, 6.07) is -0.573. The number of unbranched alkanes of at least 4 members (excludes halogenated alkanes) is 2. The van der Waals surface area contributed by atoms with Crippen LogP contribution in [0.4, 0.5) is 0 Å². The van der Waals surface area contributed by atoms with E-state index in [-0.39, 0.29) is 0 Å². The summed E-state index contributed by atoms with van der Waals surface area (Å²) in [7, 11) is 0. The molecule has 0 bridgehead atoms. The quantitative estimate of drug-likeness (QED) is 0.313. The molecule has 0 aromatic carbocycles. The molecule has 1 atom stereocenters. The fourth-order valence-electron chi connectivity index (χ4n) is 3.84. The van der Waals surface area contributed by atoms with Crippen molar-refractivity contribution in [3.05, 3.63) is 72.5 Å². The van der Waals surface area contributed by atoms with Crippen LogP contribution in [0.2, 0.25) is 0 Å². The molecule has 0 aliphatic carbocycles. The molecule has 0 aromatic heterocycles. The van der Waals surface area contributed by atoms with Crippen molar-refractivity contribution in [2.45, 2.75) is 65.3 Å². The standard InChI is InChI=1S/C15H25N.C12H17NO2/c1-4-5-6-8-13(2)10-11-15-9-7-12-16-14(15)3;1-4-6-10(5-2)11(12(14)15)13-7-9(3)8-13/h10-11,16H,2,4-9,12H2,1,3H3;4-6,9,11H,1-2,7-8H2,3H3,(H,14,15)/b11-10-;10-6+. The summed E-state index contributed by atoms with van der Waals surface area (Å²) in [5.74, 6) is -0.239. The molecule has 1 saturated heterocycles. The van der Waals surface area contributed by atoms with Gasteiger partial charge in [-0.25, -0.2) is 0 Å². The SMILES string of the molecule is C=C(/C=C\C1=C(C)NCCC1)CCCCC.C=C/C=C(\C=C)C(C(=O)O)N1CC(C)C1. The lowest BCUT2D eigenvalue weighted by molar-refractivity contribution is -0.144. The molecule has 0 radical (unpaired) electrons. The molecule has 2 aliphatic rings. The minimum Gasteiger partial charge on any atom is -0.480 e. The summed E-state index contributed by atoms with van der Waals surface area (Å²) in [6.07, 6.45) is 16.8. The van der Waals surface area contributed by atoms with E-state index in [0.29, 0.717) is 11.5 Å². The van der Waals surface area contributed by atoms with Crippen LogP contribution < -0.4 is 5.32 Å².